The van der Waals surface area contributed by atoms with Gasteiger partial charge in [0.2, 0.25) is 0 Å². The summed E-state index contributed by atoms with van der Waals surface area (Å²) < 4.78 is 0. The third-order valence-electron chi connectivity index (χ3n) is 1.60. The molecule has 0 radical (unpaired) electrons. The van der Waals surface area contributed by atoms with Gasteiger partial charge in [0.05, 0.1) is 0 Å². The molecule has 68 valence electrons. The molecule has 0 aromatic carbocycles. The molecule has 1 heterocycles. The van der Waals surface area contributed by atoms with Crippen LogP contribution in [-0.2, 0) is 0 Å². The van der Waals surface area contributed by atoms with Gasteiger partial charge in [0.15, 0.2) is 17.5 Å². The fourth-order valence-corrected chi connectivity index (χ4v) is 1.08. The average molecular weight is 172 g/mol. The van der Waals surface area contributed by atoms with E-state index in [2.05, 4.69) is 10.5 Å². The molecule has 0 amide bonds. The predicted octanol–water partition coefficient (Wildman–Crippen LogP) is 0.399. The lowest BCUT2D eigenvalue weighted by Crippen LogP contribution is -2.41. The van der Waals surface area contributed by atoms with E-state index >= 15 is 0 Å². The molecule has 1 unspecified atom stereocenters. The molecule has 6 nitrogen and oxygen atoms in total. The Kier molecular flexibility index (Phi) is 2.47. The lowest BCUT2D eigenvalue weighted by atomic mass is 10.1. The second-order valence-electron chi connectivity index (χ2n) is 3.14. The summed E-state index contributed by atoms with van der Waals surface area (Å²) >= 11 is 0. The largest absolute Gasteiger partial charge is 0.280 e. The van der Waals surface area contributed by atoms with Crippen LogP contribution in [0.15, 0.2) is 5.10 Å². The highest BCUT2D eigenvalue weighted by Gasteiger charge is 2.29. The van der Waals surface area contributed by atoms with Gasteiger partial charge in [-0.1, -0.05) is 18.9 Å². The Morgan fingerprint density at radius 1 is 1.83 bits per heavy atom. The molecular weight excluding hydrogens is 160 g/mol. The minimum atomic E-state index is -0.462. The van der Waals surface area contributed by atoms with Crippen molar-refractivity contribution >= 4 is 6.34 Å². The molecule has 0 spiro atoms. The van der Waals surface area contributed by atoms with Crippen molar-refractivity contribution in [3.63, 3.8) is 0 Å². The van der Waals surface area contributed by atoms with Crippen LogP contribution in [0.4, 0.5) is 0 Å². The predicted molar refractivity (Wildman–Crippen MR) is 43.7 cm³/mol. The van der Waals surface area contributed by atoms with Gasteiger partial charge < -0.3 is 0 Å². The number of nitrogens with zero attached hydrogens (tertiary/aromatic N) is 3. The Hall–Kier alpha value is -1.33. The molecule has 0 saturated heterocycles. The summed E-state index contributed by atoms with van der Waals surface area (Å²) in [4.78, 5) is 10.4. The van der Waals surface area contributed by atoms with Gasteiger partial charge in [0, 0.05) is 0 Å². The maximum atomic E-state index is 10.4. The molecule has 1 atom stereocenters. The van der Waals surface area contributed by atoms with E-state index in [4.69, 9.17) is 0 Å². The van der Waals surface area contributed by atoms with Gasteiger partial charge in [-0.3, -0.25) is 5.43 Å². The van der Waals surface area contributed by atoms with Crippen LogP contribution in [-0.4, -0.2) is 22.5 Å². The fraction of sp³-hybridized carbons (Fsp3) is 0.833. The first-order valence-electron chi connectivity index (χ1n) is 3.82. The highest BCUT2D eigenvalue weighted by atomic mass is 16.7. The summed E-state index contributed by atoms with van der Waals surface area (Å²) in [6.45, 7) is 4.02. The van der Waals surface area contributed by atoms with Gasteiger partial charge in [-0.25, -0.2) is 10.1 Å². The SMILES string of the molecule is CC(C)CC1NN=CN1[N+](=O)[O-]. The monoisotopic (exact) mass is 172 g/mol. The molecule has 0 bridgehead atoms. The second kappa shape index (κ2) is 3.38. The zero-order valence-electron chi connectivity index (χ0n) is 7.10. The Balaban J connectivity index is 2.50. The first-order chi connectivity index (χ1) is 5.61. The van der Waals surface area contributed by atoms with Crippen LogP contribution in [0.2, 0.25) is 0 Å². The van der Waals surface area contributed by atoms with Crippen molar-refractivity contribution in [2.45, 2.75) is 26.4 Å². The highest BCUT2D eigenvalue weighted by molar-refractivity contribution is 5.54. The molecule has 12 heavy (non-hydrogen) atoms. The normalized spacial score (nSPS) is 21.6. The van der Waals surface area contributed by atoms with Gasteiger partial charge in [-0.15, -0.1) is 0 Å². The maximum absolute atomic E-state index is 10.4. The zero-order valence-corrected chi connectivity index (χ0v) is 7.10. The summed E-state index contributed by atoms with van der Waals surface area (Å²) in [6.07, 6.45) is 1.62. The molecule has 6 heteroatoms. The van der Waals surface area contributed by atoms with E-state index < -0.39 is 5.03 Å². The van der Waals surface area contributed by atoms with Crippen molar-refractivity contribution in [3.8, 4) is 0 Å². The Bertz CT molecular complexity index is 204. The van der Waals surface area contributed by atoms with E-state index in [1.54, 1.807) is 0 Å². The van der Waals surface area contributed by atoms with Crippen LogP contribution in [0.25, 0.3) is 0 Å². The van der Waals surface area contributed by atoms with Gasteiger partial charge in [-0.05, 0) is 12.3 Å². The summed E-state index contributed by atoms with van der Waals surface area (Å²) in [5.74, 6) is 0.409. The minimum absolute atomic E-state index is 0.292. The van der Waals surface area contributed by atoms with Gasteiger partial charge in [0.1, 0.15) is 0 Å². The molecule has 0 saturated carbocycles. The minimum Gasteiger partial charge on any atom is -0.280 e. The number of hydrogen-bond donors (Lipinski definition) is 1. The van der Waals surface area contributed by atoms with E-state index in [0.29, 0.717) is 12.3 Å². The Morgan fingerprint density at radius 2 is 2.50 bits per heavy atom. The van der Waals surface area contributed by atoms with E-state index in [1.165, 1.54) is 6.34 Å². The molecule has 1 N–H and O–H groups in total. The third-order valence-corrected chi connectivity index (χ3v) is 1.60. The zero-order chi connectivity index (χ0) is 9.14. The summed E-state index contributed by atoms with van der Waals surface area (Å²) in [5.41, 5.74) is 2.67. The Labute approximate surface area is 70.4 Å². The van der Waals surface area contributed by atoms with E-state index in [-0.39, 0.29) is 6.17 Å². The maximum Gasteiger partial charge on any atom is 0.180 e. The van der Waals surface area contributed by atoms with Crippen molar-refractivity contribution in [2.24, 2.45) is 11.0 Å². The fourth-order valence-electron chi connectivity index (χ4n) is 1.08. The smallest absolute Gasteiger partial charge is 0.180 e. The number of hydrogen-bond acceptors (Lipinski definition) is 4. The molecule has 0 aliphatic carbocycles. The second-order valence-corrected chi connectivity index (χ2v) is 3.14. The van der Waals surface area contributed by atoms with E-state index in [9.17, 15) is 10.1 Å². The summed E-state index contributed by atoms with van der Waals surface area (Å²) in [7, 11) is 0. The number of nitro groups is 1. The van der Waals surface area contributed by atoms with Gasteiger partial charge in [-0.2, -0.15) is 5.10 Å². The van der Waals surface area contributed by atoms with Crippen molar-refractivity contribution in [3.05, 3.63) is 10.1 Å². The lowest BCUT2D eigenvalue weighted by molar-refractivity contribution is -0.635. The molecule has 0 fully saturated rings. The van der Waals surface area contributed by atoms with Crippen LogP contribution in [0.3, 0.4) is 0 Å². The van der Waals surface area contributed by atoms with Gasteiger partial charge >= 0.3 is 0 Å². The molecule has 1 rings (SSSR count). The average Bonchev–Trinajstić information content (AvgIpc) is 2.33. The van der Waals surface area contributed by atoms with Crippen molar-refractivity contribution in [1.29, 1.82) is 0 Å². The molecular formula is C6H12N4O2. The number of hydrazone groups is 1. The van der Waals surface area contributed by atoms with Crippen LogP contribution in [0, 0.1) is 16.0 Å². The lowest BCUT2D eigenvalue weighted by Gasteiger charge is -2.16. The molecule has 1 aliphatic heterocycles. The van der Waals surface area contributed by atoms with Gasteiger partial charge in [0.25, 0.3) is 0 Å². The number of hydrazine groups is 1. The quantitative estimate of drug-likeness (QED) is 0.494. The van der Waals surface area contributed by atoms with Crippen molar-refractivity contribution in [2.75, 3.05) is 0 Å². The molecule has 1 aliphatic rings. The molecule has 0 aromatic heterocycles. The van der Waals surface area contributed by atoms with Crippen molar-refractivity contribution in [1.82, 2.24) is 10.4 Å². The standard InChI is InChI=1S/C6H12N4O2/c1-5(2)3-6-8-7-4-9(6)10(11)12/h4-6,8H,3H2,1-2H3. The van der Waals surface area contributed by atoms with Crippen LogP contribution in [0.1, 0.15) is 20.3 Å². The van der Waals surface area contributed by atoms with E-state index in [0.717, 1.165) is 5.01 Å². The summed E-state index contributed by atoms with van der Waals surface area (Å²) in [6, 6.07) is 0. The van der Waals surface area contributed by atoms with Crippen LogP contribution >= 0.6 is 0 Å². The van der Waals surface area contributed by atoms with Crippen LogP contribution < -0.4 is 5.43 Å². The first-order valence-corrected chi connectivity index (χ1v) is 3.82. The number of rotatable bonds is 3. The summed E-state index contributed by atoms with van der Waals surface area (Å²) in [5, 5.41) is 14.5. The highest BCUT2D eigenvalue weighted by Crippen LogP contribution is 2.10. The first kappa shape index (κ1) is 8.76. The van der Waals surface area contributed by atoms with Crippen molar-refractivity contribution < 1.29 is 5.03 Å². The van der Waals surface area contributed by atoms with E-state index in [1.807, 2.05) is 13.8 Å². The number of nitrogens with one attached hydrogen (secondary N) is 1. The van der Waals surface area contributed by atoms with Crippen LogP contribution in [0.5, 0.6) is 0 Å². The topological polar surface area (TPSA) is 70.8 Å². The Morgan fingerprint density at radius 3 is 3.00 bits per heavy atom. The molecule has 0 aromatic rings. The third kappa shape index (κ3) is 1.84.